The number of halogens is 1. The molecular weight excluding hydrogens is 486 g/mol. The number of hydrogen-bond acceptors (Lipinski definition) is 6. The first-order valence-corrected chi connectivity index (χ1v) is 11.5. The average Bonchev–Trinajstić information content (AvgIpc) is 3.27. The predicted molar refractivity (Wildman–Crippen MR) is 121 cm³/mol. The molecule has 3 aromatic rings. The Hall–Kier alpha value is -3.11. The number of amides is 1. The number of hydrazone groups is 1. The number of nitrogens with one attached hydrogen (secondary N) is 1. The van der Waals surface area contributed by atoms with Crippen molar-refractivity contribution in [3.05, 3.63) is 77.2 Å². The zero-order chi connectivity index (χ0) is 22.3. The number of benzene rings is 2. The van der Waals surface area contributed by atoms with Gasteiger partial charge in [0.2, 0.25) is 0 Å². The van der Waals surface area contributed by atoms with E-state index >= 15 is 0 Å². The van der Waals surface area contributed by atoms with E-state index in [0.29, 0.717) is 23.8 Å². The van der Waals surface area contributed by atoms with Crippen molar-refractivity contribution in [1.29, 1.82) is 0 Å². The molecule has 0 aliphatic heterocycles. The largest absolute Gasteiger partial charge is 0.494 e. The molecule has 0 aliphatic carbocycles. The van der Waals surface area contributed by atoms with Crippen LogP contribution >= 0.6 is 15.9 Å². The van der Waals surface area contributed by atoms with Crippen molar-refractivity contribution in [3.8, 4) is 5.75 Å². The smallest absolute Gasteiger partial charge is 0.264 e. The number of nitrogens with zero attached hydrogens (tertiary/aromatic N) is 2. The first-order chi connectivity index (χ1) is 14.9. The van der Waals surface area contributed by atoms with Gasteiger partial charge < -0.3 is 9.15 Å². The van der Waals surface area contributed by atoms with Gasteiger partial charge in [-0.25, -0.2) is 13.8 Å². The fraction of sp³-hybridized carbons (Fsp3) is 0.143. The maximum atomic E-state index is 13.3. The van der Waals surface area contributed by atoms with Gasteiger partial charge in [0.1, 0.15) is 18.1 Å². The van der Waals surface area contributed by atoms with Crippen LogP contribution in [-0.2, 0) is 14.8 Å². The number of carbonyl (C=O) groups excluding carboxylic acids is 1. The van der Waals surface area contributed by atoms with Crippen molar-refractivity contribution in [2.45, 2.75) is 11.8 Å². The lowest BCUT2D eigenvalue weighted by Gasteiger charge is -2.24. The summed E-state index contributed by atoms with van der Waals surface area (Å²) in [6.45, 7) is 1.87. The number of rotatable bonds is 9. The van der Waals surface area contributed by atoms with Crippen molar-refractivity contribution in [2.75, 3.05) is 17.5 Å². The lowest BCUT2D eigenvalue weighted by atomic mass is 10.3. The van der Waals surface area contributed by atoms with Gasteiger partial charge in [-0.1, -0.05) is 15.9 Å². The van der Waals surface area contributed by atoms with E-state index in [1.54, 1.807) is 48.5 Å². The van der Waals surface area contributed by atoms with E-state index in [2.05, 4.69) is 26.5 Å². The first kappa shape index (κ1) is 22.6. The van der Waals surface area contributed by atoms with Crippen LogP contribution in [0.25, 0.3) is 0 Å². The molecule has 2 aromatic carbocycles. The molecule has 0 unspecified atom stereocenters. The first-order valence-electron chi connectivity index (χ1n) is 9.26. The fourth-order valence-corrected chi connectivity index (χ4v) is 4.31. The Labute approximate surface area is 188 Å². The lowest BCUT2D eigenvalue weighted by molar-refractivity contribution is -0.119. The van der Waals surface area contributed by atoms with E-state index in [-0.39, 0.29) is 4.90 Å². The van der Waals surface area contributed by atoms with Crippen LogP contribution in [0.15, 0.2) is 85.8 Å². The molecule has 8 nitrogen and oxygen atoms in total. The minimum absolute atomic E-state index is 0.0523. The van der Waals surface area contributed by atoms with Gasteiger partial charge in [-0.2, -0.15) is 5.10 Å². The molecule has 10 heteroatoms. The number of carbonyl (C=O) groups is 1. The van der Waals surface area contributed by atoms with E-state index in [4.69, 9.17) is 9.15 Å². The molecule has 0 aliphatic rings. The van der Waals surface area contributed by atoms with Crippen molar-refractivity contribution in [1.82, 2.24) is 5.43 Å². The van der Waals surface area contributed by atoms with Crippen LogP contribution in [-0.4, -0.2) is 33.7 Å². The molecule has 0 bridgehead atoms. The van der Waals surface area contributed by atoms with Gasteiger partial charge in [-0.15, -0.1) is 0 Å². The Balaban J connectivity index is 1.86. The highest BCUT2D eigenvalue weighted by Gasteiger charge is 2.27. The summed E-state index contributed by atoms with van der Waals surface area (Å²) in [6, 6.07) is 16.0. The van der Waals surface area contributed by atoms with Gasteiger partial charge in [0.05, 0.1) is 29.7 Å². The van der Waals surface area contributed by atoms with E-state index in [0.717, 1.165) is 8.78 Å². The minimum atomic E-state index is -4.02. The summed E-state index contributed by atoms with van der Waals surface area (Å²) in [7, 11) is -4.02. The molecule has 31 heavy (non-hydrogen) atoms. The summed E-state index contributed by atoms with van der Waals surface area (Å²) in [4.78, 5) is 12.5. The predicted octanol–water partition coefficient (Wildman–Crippen LogP) is 3.79. The summed E-state index contributed by atoms with van der Waals surface area (Å²) in [5.41, 5.74) is 2.63. The third-order valence-corrected chi connectivity index (χ3v) is 6.37. The second kappa shape index (κ2) is 10.3. The van der Waals surface area contributed by atoms with Crippen molar-refractivity contribution < 1.29 is 22.4 Å². The maximum absolute atomic E-state index is 13.3. The molecule has 162 valence electrons. The van der Waals surface area contributed by atoms with E-state index in [1.165, 1.54) is 24.6 Å². The van der Waals surface area contributed by atoms with Crippen LogP contribution in [0.1, 0.15) is 12.7 Å². The number of sulfonamides is 1. The number of ether oxygens (including phenoxy) is 1. The van der Waals surface area contributed by atoms with Crippen LogP contribution in [0.2, 0.25) is 0 Å². The third-order valence-electron chi connectivity index (χ3n) is 4.05. The van der Waals surface area contributed by atoms with Gasteiger partial charge in [0.15, 0.2) is 0 Å². The Morgan fingerprint density at radius 2 is 1.87 bits per heavy atom. The summed E-state index contributed by atoms with van der Waals surface area (Å²) in [6.07, 6.45) is 2.80. The molecule has 0 spiro atoms. The summed E-state index contributed by atoms with van der Waals surface area (Å²) < 4.78 is 38.9. The van der Waals surface area contributed by atoms with E-state index in [1.807, 2.05) is 6.92 Å². The highest BCUT2D eigenvalue weighted by Crippen LogP contribution is 2.26. The van der Waals surface area contributed by atoms with Crippen molar-refractivity contribution >= 4 is 43.8 Å². The van der Waals surface area contributed by atoms with Crippen LogP contribution in [0, 0.1) is 0 Å². The molecule has 0 radical (unpaired) electrons. The molecular formula is C21H20BrN3O5S. The van der Waals surface area contributed by atoms with Gasteiger partial charge >= 0.3 is 0 Å². The molecule has 0 atom stereocenters. The minimum Gasteiger partial charge on any atom is -0.494 e. The van der Waals surface area contributed by atoms with Crippen molar-refractivity contribution in [2.24, 2.45) is 5.10 Å². The van der Waals surface area contributed by atoms with Gasteiger partial charge in [0, 0.05) is 4.47 Å². The Morgan fingerprint density at radius 3 is 2.48 bits per heavy atom. The quantitative estimate of drug-likeness (QED) is 0.352. The van der Waals surface area contributed by atoms with Crippen molar-refractivity contribution in [3.63, 3.8) is 0 Å². The zero-order valence-corrected chi connectivity index (χ0v) is 19.0. The Bertz CT molecular complexity index is 1130. The van der Waals surface area contributed by atoms with Crippen LogP contribution in [0.4, 0.5) is 5.69 Å². The molecule has 0 saturated carbocycles. The average molecular weight is 506 g/mol. The van der Waals surface area contributed by atoms with Crippen LogP contribution in [0.3, 0.4) is 0 Å². The lowest BCUT2D eigenvalue weighted by Crippen LogP contribution is -2.39. The molecule has 3 rings (SSSR count). The summed E-state index contributed by atoms with van der Waals surface area (Å²) in [5.74, 6) is 0.434. The Kier molecular flexibility index (Phi) is 7.48. The highest BCUT2D eigenvalue weighted by molar-refractivity contribution is 9.10. The SMILES string of the molecule is CCOc1ccc(N(CC(=O)NN=Cc2ccco2)S(=O)(=O)c2ccc(Br)cc2)cc1. The van der Waals surface area contributed by atoms with Gasteiger partial charge in [-0.05, 0) is 67.6 Å². The topological polar surface area (TPSA) is 101 Å². The fourth-order valence-electron chi connectivity index (χ4n) is 2.62. The second-order valence-corrected chi connectivity index (χ2v) is 8.98. The zero-order valence-electron chi connectivity index (χ0n) is 16.6. The number of anilines is 1. The van der Waals surface area contributed by atoms with Gasteiger partial charge in [0.25, 0.3) is 15.9 Å². The standard InChI is InChI=1S/C21H20BrN3O5S/c1-2-29-18-9-7-17(8-10-18)25(31(27,28)20-11-5-16(22)6-12-20)15-21(26)24-23-14-19-4-3-13-30-19/h3-14H,2,15H2,1H3,(H,24,26). The highest BCUT2D eigenvalue weighted by atomic mass is 79.9. The van der Waals surface area contributed by atoms with Crippen LogP contribution < -0.4 is 14.5 Å². The van der Waals surface area contributed by atoms with Crippen LogP contribution in [0.5, 0.6) is 5.75 Å². The maximum Gasteiger partial charge on any atom is 0.264 e. The molecule has 0 fully saturated rings. The van der Waals surface area contributed by atoms with E-state index < -0.39 is 22.5 Å². The molecule has 1 amide bonds. The normalized spacial score (nSPS) is 11.4. The van der Waals surface area contributed by atoms with E-state index in [9.17, 15) is 13.2 Å². The third kappa shape index (κ3) is 5.96. The summed E-state index contributed by atoms with van der Waals surface area (Å²) >= 11 is 3.29. The van der Waals surface area contributed by atoms with Gasteiger partial charge in [-0.3, -0.25) is 9.10 Å². The second-order valence-electron chi connectivity index (χ2n) is 6.20. The Morgan fingerprint density at radius 1 is 1.16 bits per heavy atom. The number of hydrogen-bond donors (Lipinski definition) is 1. The molecule has 1 aromatic heterocycles. The molecule has 0 saturated heterocycles. The summed E-state index contributed by atoms with van der Waals surface area (Å²) in [5, 5.41) is 3.80. The molecule has 1 N–H and O–H groups in total. The molecule has 1 heterocycles. The monoisotopic (exact) mass is 505 g/mol. The number of furan rings is 1.